The Morgan fingerprint density at radius 3 is 2.16 bits per heavy atom. The molecule has 1 fully saturated rings. The second kappa shape index (κ2) is 7.56. The summed E-state index contributed by atoms with van der Waals surface area (Å²) in [6.45, 7) is -0.465. The van der Waals surface area contributed by atoms with Crippen LogP contribution in [-0.2, 0) is 14.3 Å². The van der Waals surface area contributed by atoms with E-state index in [4.69, 9.17) is 14.2 Å². The molecule has 134 valence electrons. The van der Waals surface area contributed by atoms with Gasteiger partial charge in [0.1, 0.15) is 12.2 Å². The van der Waals surface area contributed by atoms with E-state index in [0.29, 0.717) is 22.8 Å². The van der Waals surface area contributed by atoms with Gasteiger partial charge in [0.15, 0.2) is 11.5 Å². The first kappa shape index (κ1) is 18.1. The van der Waals surface area contributed by atoms with Crippen LogP contribution in [0.2, 0.25) is 0 Å². The van der Waals surface area contributed by atoms with Crippen LogP contribution in [0, 0.1) is 0 Å². The van der Waals surface area contributed by atoms with Gasteiger partial charge in [-0.3, -0.25) is 9.59 Å². The summed E-state index contributed by atoms with van der Waals surface area (Å²) in [5.74, 6) is -0.128. The lowest BCUT2D eigenvalue weighted by molar-refractivity contribution is -0.143. The number of carbonyl (C=O) groups is 3. The number of hydrogen-bond donors (Lipinski definition) is 1. The number of benzene rings is 1. The van der Waals surface area contributed by atoms with Gasteiger partial charge in [0.2, 0.25) is 5.75 Å². The maximum Gasteiger partial charge on any atom is 0.329 e. The molecule has 0 unspecified atom stereocenters. The van der Waals surface area contributed by atoms with Crippen molar-refractivity contribution in [3.05, 3.63) is 23.4 Å². The van der Waals surface area contributed by atoms with Gasteiger partial charge in [0, 0.05) is 0 Å². The van der Waals surface area contributed by atoms with Crippen molar-refractivity contribution in [2.24, 2.45) is 0 Å². The minimum absolute atomic E-state index is 0.0168. The van der Waals surface area contributed by atoms with Crippen LogP contribution in [0.25, 0.3) is 6.08 Å². The molecule has 1 saturated heterocycles. The monoisotopic (exact) mass is 350 g/mol. The van der Waals surface area contributed by atoms with Gasteiger partial charge in [0.25, 0.3) is 5.91 Å². The largest absolute Gasteiger partial charge is 0.493 e. The maximum absolute atomic E-state index is 12.3. The SMILES string of the molecule is COC(=O)CN1C(=O)N/C(=C/c2cc(OC)c(OC)c(OC)c2)C1=O. The summed E-state index contributed by atoms with van der Waals surface area (Å²) in [4.78, 5) is 36.2. The Morgan fingerprint density at radius 1 is 1.08 bits per heavy atom. The Morgan fingerprint density at radius 2 is 1.68 bits per heavy atom. The molecule has 25 heavy (non-hydrogen) atoms. The van der Waals surface area contributed by atoms with Crippen molar-refractivity contribution in [2.45, 2.75) is 0 Å². The fourth-order valence-corrected chi connectivity index (χ4v) is 2.26. The van der Waals surface area contributed by atoms with E-state index in [9.17, 15) is 14.4 Å². The summed E-state index contributed by atoms with van der Waals surface area (Å²) >= 11 is 0. The Labute approximate surface area is 144 Å². The highest BCUT2D eigenvalue weighted by molar-refractivity contribution is 6.15. The lowest BCUT2D eigenvalue weighted by atomic mass is 10.1. The van der Waals surface area contributed by atoms with E-state index in [-0.39, 0.29) is 5.70 Å². The van der Waals surface area contributed by atoms with E-state index in [0.717, 1.165) is 4.90 Å². The van der Waals surface area contributed by atoms with Gasteiger partial charge in [-0.05, 0) is 23.8 Å². The molecule has 0 bridgehead atoms. The number of nitrogens with one attached hydrogen (secondary N) is 1. The first-order valence-corrected chi connectivity index (χ1v) is 7.16. The number of methoxy groups -OCH3 is 4. The first-order chi connectivity index (χ1) is 11.9. The highest BCUT2D eigenvalue weighted by Crippen LogP contribution is 2.38. The average molecular weight is 350 g/mol. The summed E-state index contributed by atoms with van der Waals surface area (Å²) in [7, 11) is 5.58. The van der Waals surface area contributed by atoms with Gasteiger partial charge in [-0.15, -0.1) is 0 Å². The molecule has 2 rings (SSSR count). The Kier molecular flexibility index (Phi) is 5.48. The van der Waals surface area contributed by atoms with Gasteiger partial charge >= 0.3 is 12.0 Å². The van der Waals surface area contributed by atoms with Crippen LogP contribution < -0.4 is 19.5 Å². The van der Waals surface area contributed by atoms with E-state index in [1.807, 2.05) is 0 Å². The number of carbonyl (C=O) groups excluding carboxylic acids is 3. The molecule has 1 heterocycles. The zero-order valence-corrected chi connectivity index (χ0v) is 14.2. The Hall–Kier alpha value is -3.23. The fraction of sp³-hybridized carbons (Fsp3) is 0.312. The lowest BCUT2D eigenvalue weighted by Crippen LogP contribution is -2.36. The standard InChI is InChI=1S/C16H18N2O7/c1-22-11-6-9(7-12(23-2)14(11)25-4)5-10-15(20)18(16(21)17-10)8-13(19)24-3/h5-7H,8H2,1-4H3,(H,17,21)/b10-5+. The molecule has 0 aromatic heterocycles. The summed E-state index contributed by atoms with van der Waals surface area (Å²) in [6, 6.07) is 2.54. The van der Waals surface area contributed by atoms with E-state index in [2.05, 4.69) is 10.1 Å². The van der Waals surface area contributed by atoms with Crippen LogP contribution in [0.5, 0.6) is 17.2 Å². The number of nitrogens with zero attached hydrogens (tertiary/aromatic N) is 1. The van der Waals surface area contributed by atoms with Gasteiger partial charge < -0.3 is 24.3 Å². The van der Waals surface area contributed by atoms with Gasteiger partial charge in [-0.1, -0.05) is 0 Å². The van der Waals surface area contributed by atoms with E-state index in [1.165, 1.54) is 34.5 Å². The fourth-order valence-electron chi connectivity index (χ4n) is 2.26. The molecular formula is C16H18N2O7. The minimum Gasteiger partial charge on any atom is -0.493 e. The number of esters is 1. The quantitative estimate of drug-likeness (QED) is 0.459. The van der Waals surface area contributed by atoms with E-state index < -0.39 is 24.5 Å². The number of rotatable bonds is 6. The Bertz CT molecular complexity index is 717. The molecule has 9 heteroatoms. The number of ether oxygens (including phenoxy) is 4. The molecule has 0 radical (unpaired) electrons. The van der Waals surface area contributed by atoms with Crippen LogP contribution in [0.15, 0.2) is 17.8 Å². The molecule has 1 aliphatic heterocycles. The van der Waals surface area contributed by atoms with Crippen LogP contribution in [-0.4, -0.2) is 57.8 Å². The highest BCUT2D eigenvalue weighted by atomic mass is 16.5. The normalized spacial score (nSPS) is 15.2. The molecule has 1 aromatic carbocycles. The van der Waals surface area contributed by atoms with Crippen LogP contribution in [0.3, 0.4) is 0 Å². The zero-order chi connectivity index (χ0) is 18.6. The molecule has 1 N–H and O–H groups in total. The summed E-state index contributed by atoms with van der Waals surface area (Å²) < 4.78 is 20.2. The maximum atomic E-state index is 12.3. The Balaban J connectivity index is 2.36. The molecule has 0 aliphatic carbocycles. The van der Waals surface area contributed by atoms with E-state index in [1.54, 1.807) is 12.1 Å². The second-order valence-electron chi connectivity index (χ2n) is 4.91. The van der Waals surface area contributed by atoms with Gasteiger partial charge in [-0.25, -0.2) is 9.69 Å². The smallest absolute Gasteiger partial charge is 0.329 e. The molecule has 0 spiro atoms. The summed E-state index contributed by atoms with van der Waals surface area (Å²) in [6.07, 6.45) is 1.45. The molecule has 9 nitrogen and oxygen atoms in total. The van der Waals surface area contributed by atoms with Crippen molar-refractivity contribution < 1.29 is 33.3 Å². The third kappa shape index (κ3) is 3.65. The summed E-state index contributed by atoms with van der Waals surface area (Å²) in [5, 5.41) is 2.41. The molecule has 1 aliphatic rings. The van der Waals surface area contributed by atoms with Crippen LogP contribution >= 0.6 is 0 Å². The predicted molar refractivity (Wildman–Crippen MR) is 86.3 cm³/mol. The number of hydrogen-bond acceptors (Lipinski definition) is 7. The van der Waals surface area contributed by atoms with Crippen molar-refractivity contribution in [2.75, 3.05) is 35.0 Å². The van der Waals surface area contributed by atoms with Gasteiger partial charge in [0.05, 0.1) is 28.4 Å². The first-order valence-electron chi connectivity index (χ1n) is 7.16. The molecule has 3 amide bonds. The third-order valence-electron chi connectivity index (χ3n) is 3.48. The van der Waals surface area contributed by atoms with Crippen molar-refractivity contribution in [3.63, 3.8) is 0 Å². The van der Waals surface area contributed by atoms with E-state index >= 15 is 0 Å². The topological polar surface area (TPSA) is 103 Å². The average Bonchev–Trinajstić information content (AvgIpc) is 2.87. The molecule has 0 atom stereocenters. The van der Waals surface area contributed by atoms with Gasteiger partial charge in [-0.2, -0.15) is 0 Å². The summed E-state index contributed by atoms with van der Waals surface area (Å²) in [5.41, 5.74) is 0.557. The third-order valence-corrected chi connectivity index (χ3v) is 3.48. The van der Waals surface area contributed by atoms with Crippen molar-refractivity contribution in [3.8, 4) is 17.2 Å². The predicted octanol–water partition coefficient (Wildman–Crippen LogP) is 0.778. The van der Waals surface area contributed by atoms with Crippen molar-refractivity contribution in [1.82, 2.24) is 10.2 Å². The lowest BCUT2D eigenvalue weighted by Gasteiger charge is -2.13. The molecular weight excluding hydrogens is 332 g/mol. The van der Waals surface area contributed by atoms with Crippen molar-refractivity contribution >= 4 is 24.0 Å². The van der Waals surface area contributed by atoms with Crippen LogP contribution in [0.1, 0.15) is 5.56 Å². The number of imide groups is 1. The van der Waals surface area contributed by atoms with Crippen molar-refractivity contribution in [1.29, 1.82) is 0 Å². The number of amides is 3. The second-order valence-corrected chi connectivity index (χ2v) is 4.91. The molecule has 1 aromatic rings. The number of urea groups is 1. The highest BCUT2D eigenvalue weighted by Gasteiger charge is 2.35. The molecule has 0 saturated carbocycles. The minimum atomic E-state index is -0.700. The van der Waals surface area contributed by atoms with Crippen LogP contribution in [0.4, 0.5) is 4.79 Å². The zero-order valence-electron chi connectivity index (χ0n) is 14.2.